The van der Waals surface area contributed by atoms with Crippen molar-refractivity contribution in [2.45, 2.75) is 25.3 Å². The zero-order chi connectivity index (χ0) is 25.4. The Labute approximate surface area is 196 Å². The molecule has 0 aliphatic heterocycles. The number of alkyl halides is 6. The molecule has 0 aliphatic carbocycles. The second-order valence-corrected chi connectivity index (χ2v) is 7.76. The third kappa shape index (κ3) is 5.19. The molecule has 3 aromatic rings. The van der Waals surface area contributed by atoms with Crippen LogP contribution in [0.5, 0.6) is 0 Å². The van der Waals surface area contributed by atoms with E-state index in [9.17, 15) is 31.1 Å². The molecule has 34 heavy (non-hydrogen) atoms. The van der Waals surface area contributed by atoms with Gasteiger partial charge in [0.25, 0.3) is 5.91 Å². The predicted octanol–water partition coefficient (Wildman–Crippen LogP) is 5.17. The van der Waals surface area contributed by atoms with Gasteiger partial charge in [-0.05, 0) is 53.2 Å². The number of rotatable bonds is 4. The Kier molecular flexibility index (Phi) is 6.70. The van der Waals surface area contributed by atoms with E-state index >= 15 is 0 Å². The van der Waals surface area contributed by atoms with Crippen LogP contribution in [-0.2, 0) is 12.4 Å². The second-order valence-electron chi connectivity index (χ2n) is 7.05. The van der Waals surface area contributed by atoms with Gasteiger partial charge in [-0.25, -0.2) is 9.97 Å². The van der Waals surface area contributed by atoms with Crippen molar-refractivity contribution in [1.82, 2.24) is 24.6 Å². The van der Waals surface area contributed by atoms with Gasteiger partial charge in [-0.3, -0.25) is 4.79 Å². The molecule has 1 unspecified atom stereocenters. The fourth-order valence-electron chi connectivity index (χ4n) is 2.84. The number of amides is 1. The number of nitriles is 1. The lowest BCUT2D eigenvalue weighted by atomic mass is 10.0. The van der Waals surface area contributed by atoms with E-state index in [1.165, 1.54) is 37.0 Å². The SMILES string of the molecule is CC(c1nc(Br)n(-c2ccc(C#N)cn2)n1)N(C)C(=O)c1cc(C(F)(F)F)cc(C(F)(F)F)c1. The van der Waals surface area contributed by atoms with Crippen molar-refractivity contribution in [3.63, 3.8) is 0 Å². The zero-order valence-electron chi connectivity index (χ0n) is 17.3. The van der Waals surface area contributed by atoms with Crippen LogP contribution in [0.3, 0.4) is 0 Å². The Hall–Kier alpha value is -3.47. The minimum absolute atomic E-state index is 0.0388. The van der Waals surface area contributed by atoms with E-state index < -0.39 is 41.0 Å². The molecule has 0 saturated heterocycles. The lowest BCUT2D eigenvalue weighted by Crippen LogP contribution is -2.31. The largest absolute Gasteiger partial charge is 0.416 e. The molecule has 0 bridgehead atoms. The van der Waals surface area contributed by atoms with E-state index in [0.29, 0.717) is 17.7 Å². The number of pyridine rings is 1. The number of hydrogen-bond acceptors (Lipinski definition) is 5. The lowest BCUT2D eigenvalue weighted by Gasteiger charge is -2.23. The second kappa shape index (κ2) is 9.05. The van der Waals surface area contributed by atoms with Gasteiger partial charge in [-0.2, -0.15) is 36.3 Å². The molecule has 0 spiro atoms. The van der Waals surface area contributed by atoms with Gasteiger partial charge in [0, 0.05) is 18.8 Å². The van der Waals surface area contributed by atoms with E-state index in [4.69, 9.17) is 5.26 Å². The molecule has 0 saturated carbocycles. The Bertz CT molecular complexity index is 1230. The highest BCUT2D eigenvalue weighted by Gasteiger charge is 2.38. The summed E-state index contributed by atoms with van der Waals surface area (Å²) in [5.41, 5.74) is -3.67. The monoisotopic (exact) mass is 546 g/mol. The summed E-state index contributed by atoms with van der Waals surface area (Å²) in [6, 6.07) is 4.63. The molecule has 14 heteroatoms. The van der Waals surface area contributed by atoms with Crippen molar-refractivity contribution >= 4 is 21.8 Å². The molecular weight excluding hydrogens is 534 g/mol. The Morgan fingerprint density at radius 1 is 1.12 bits per heavy atom. The van der Waals surface area contributed by atoms with Gasteiger partial charge in [0.05, 0.1) is 22.7 Å². The lowest BCUT2D eigenvalue weighted by molar-refractivity contribution is -0.143. The van der Waals surface area contributed by atoms with Crippen LogP contribution in [0.2, 0.25) is 0 Å². The maximum absolute atomic E-state index is 13.1. The highest BCUT2D eigenvalue weighted by atomic mass is 79.9. The first-order valence-corrected chi connectivity index (χ1v) is 10.1. The molecule has 178 valence electrons. The Morgan fingerprint density at radius 3 is 2.18 bits per heavy atom. The minimum Gasteiger partial charge on any atom is -0.332 e. The van der Waals surface area contributed by atoms with Crippen molar-refractivity contribution in [1.29, 1.82) is 5.26 Å². The van der Waals surface area contributed by atoms with Crippen LogP contribution in [0.4, 0.5) is 26.3 Å². The fraction of sp³-hybridized carbons (Fsp3) is 0.250. The van der Waals surface area contributed by atoms with Gasteiger partial charge in [-0.15, -0.1) is 5.10 Å². The van der Waals surface area contributed by atoms with Crippen molar-refractivity contribution in [3.05, 3.63) is 69.3 Å². The molecule has 1 atom stereocenters. The first-order valence-electron chi connectivity index (χ1n) is 9.28. The third-order valence-corrected chi connectivity index (χ3v) is 5.30. The van der Waals surface area contributed by atoms with Gasteiger partial charge in [0.2, 0.25) is 4.73 Å². The quantitative estimate of drug-likeness (QED) is 0.421. The van der Waals surface area contributed by atoms with Gasteiger partial charge >= 0.3 is 12.4 Å². The van der Waals surface area contributed by atoms with Crippen molar-refractivity contribution in [3.8, 4) is 11.9 Å². The summed E-state index contributed by atoms with van der Waals surface area (Å²) in [6.45, 7) is 1.45. The van der Waals surface area contributed by atoms with Gasteiger partial charge in [0.1, 0.15) is 6.07 Å². The van der Waals surface area contributed by atoms with Crippen LogP contribution < -0.4 is 0 Å². The molecule has 1 amide bonds. The summed E-state index contributed by atoms with van der Waals surface area (Å²) in [7, 11) is 1.20. The molecular formula is C20H13BrF6N6O. The summed E-state index contributed by atoms with van der Waals surface area (Å²) in [6.07, 6.45) is -8.87. The number of halogens is 7. The molecule has 3 rings (SSSR count). The van der Waals surface area contributed by atoms with E-state index in [1.54, 1.807) is 0 Å². The maximum Gasteiger partial charge on any atom is 0.416 e. The van der Waals surface area contributed by atoms with Crippen LogP contribution in [0.15, 0.2) is 41.3 Å². The minimum atomic E-state index is -5.08. The molecule has 2 heterocycles. The Balaban J connectivity index is 1.94. The highest BCUT2D eigenvalue weighted by Crippen LogP contribution is 2.37. The average molecular weight is 547 g/mol. The number of hydrogen-bond donors (Lipinski definition) is 0. The molecule has 1 aromatic carbocycles. The first kappa shape index (κ1) is 25.2. The molecule has 7 nitrogen and oxygen atoms in total. The smallest absolute Gasteiger partial charge is 0.332 e. The highest BCUT2D eigenvalue weighted by molar-refractivity contribution is 9.10. The van der Waals surface area contributed by atoms with Crippen LogP contribution in [0, 0.1) is 11.3 Å². The van der Waals surface area contributed by atoms with Crippen molar-refractivity contribution in [2.75, 3.05) is 7.05 Å². The van der Waals surface area contributed by atoms with E-state index in [-0.39, 0.29) is 22.4 Å². The van der Waals surface area contributed by atoms with Gasteiger partial charge in [0.15, 0.2) is 11.6 Å². The average Bonchev–Trinajstić information content (AvgIpc) is 3.17. The number of carbonyl (C=O) groups excluding carboxylic acids is 1. The van der Waals surface area contributed by atoms with Crippen molar-refractivity contribution < 1.29 is 31.1 Å². The standard InChI is InChI=1S/C20H13BrF6N6O/c1-10(16-30-18(21)33(31-16)15-4-3-11(8-28)9-29-15)32(2)17(34)12-5-13(19(22,23)24)7-14(6-12)20(25,26)27/h3-7,9-10H,1-2H3. The molecule has 0 fully saturated rings. The number of benzene rings is 1. The van der Waals surface area contributed by atoms with E-state index in [0.717, 1.165) is 4.90 Å². The fourth-order valence-corrected chi connectivity index (χ4v) is 3.28. The van der Waals surface area contributed by atoms with Crippen molar-refractivity contribution in [2.24, 2.45) is 0 Å². The molecule has 2 aromatic heterocycles. The Morgan fingerprint density at radius 2 is 1.71 bits per heavy atom. The summed E-state index contributed by atoms with van der Waals surface area (Å²) in [5.74, 6) is -0.775. The number of carbonyl (C=O) groups is 1. The van der Waals surface area contributed by atoms with Crippen LogP contribution in [-0.4, -0.2) is 37.6 Å². The summed E-state index contributed by atoms with van der Waals surface area (Å²) in [5, 5.41) is 13.1. The summed E-state index contributed by atoms with van der Waals surface area (Å²) >= 11 is 3.18. The predicted molar refractivity (Wildman–Crippen MR) is 109 cm³/mol. The maximum atomic E-state index is 13.1. The first-order chi connectivity index (χ1) is 15.7. The van der Waals surface area contributed by atoms with E-state index in [1.807, 2.05) is 6.07 Å². The number of aromatic nitrogens is 4. The molecule has 0 radical (unpaired) electrons. The molecule has 0 aliphatic rings. The van der Waals surface area contributed by atoms with Crippen LogP contribution in [0.1, 0.15) is 45.8 Å². The van der Waals surface area contributed by atoms with E-state index in [2.05, 4.69) is 31.0 Å². The topological polar surface area (TPSA) is 87.7 Å². The summed E-state index contributed by atoms with van der Waals surface area (Å²) in [4.78, 5) is 22.0. The third-order valence-electron chi connectivity index (χ3n) is 4.79. The number of nitrogens with zero attached hydrogens (tertiary/aromatic N) is 6. The molecule has 0 N–H and O–H groups in total. The van der Waals surface area contributed by atoms with Crippen LogP contribution in [0.25, 0.3) is 5.82 Å². The normalized spacial score (nSPS) is 12.8. The summed E-state index contributed by atoms with van der Waals surface area (Å²) < 4.78 is 80.2. The zero-order valence-corrected chi connectivity index (χ0v) is 18.9. The van der Waals surface area contributed by atoms with Gasteiger partial charge < -0.3 is 4.90 Å². The van der Waals surface area contributed by atoms with Gasteiger partial charge in [-0.1, -0.05) is 0 Å². The van der Waals surface area contributed by atoms with Crippen LogP contribution >= 0.6 is 15.9 Å².